The van der Waals surface area contributed by atoms with Gasteiger partial charge in [-0.05, 0) is 62.3 Å². The molecule has 2 saturated heterocycles. The van der Waals surface area contributed by atoms with Crippen molar-refractivity contribution in [2.75, 3.05) is 19.6 Å². The Morgan fingerprint density at radius 2 is 1.72 bits per heavy atom. The summed E-state index contributed by atoms with van der Waals surface area (Å²) in [4.78, 5) is 40.1. The molecule has 2 saturated carbocycles. The third kappa shape index (κ3) is 4.04. The highest BCUT2D eigenvalue weighted by Gasteiger charge is 2.60. The van der Waals surface area contributed by atoms with Crippen LogP contribution in [0.5, 0.6) is 0 Å². The second-order valence-electron chi connectivity index (χ2n) is 10.3. The van der Waals surface area contributed by atoms with Gasteiger partial charge in [0.25, 0.3) is 0 Å². The van der Waals surface area contributed by atoms with E-state index in [-0.39, 0.29) is 41.5 Å². The first-order valence-corrected chi connectivity index (χ1v) is 12.3. The van der Waals surface area contributed by atoms with Crippen LogP contribution in [0.15, 0.2) is 30.3 Å². The molecule has 6 heteroatoms. The molecule has 4 fully saturated rings. The first kappa shape index (κ1) is 21.5. The molecule has 2 atom stereocenters. The number of esters is 1. The second-order valence-corrected chi connectivity index (χ2v) is 10.3. The van der Waals surface area contributed by atoms with Gasteiger partial charge in [-0.2, -0.15) is 0 Å². The molecule has 2 aliphatic carbocycles. The molecule has 1 N–H and O–H groups in total. The summed E-state index contributed by atoms with van der Waals surface area (Å²) in [5.74, 6) is -0.195. The van der Waals surface area contributed by atoms with Gasteiger partial charge in [0.1, 0.15) is 5.60 Å². The van der Waals surface area contributed by atoms with Crippen LogP contribution in [0.1, 0.15) is 63.4 Å². The number of hydrogen-bond donors (Lipinski definition) is 1. The Balaban J connectivity index is 1.12. The average molecular weight is 439 g/mol. The summed E-state index contributed by atoms with van der Waals surface area (Å²) in [5, 5.41) is 3.11. The van der Waals surface area contributed by atoms with Crippen molar-refractivity contribution in [3.63, 3.8) is 0 Å². The quantitative estimate of drug-likeness (QED) is 0.716. The van der Waals surface area contributed by atoms with Gasteiger partial charge in [-0.1, -0.05) is 36.8 Å². The van der Waals surface area contributed by atoms with Gasteiger partial charge in [0.05, 0.1) is 12.3 Å². The number of nitrogens with zero attached hydrogens (tertiary/aromatic N) is 1. The minimum atomic E-state index is -0.553. The molecule has 2 spiro atoms. The normalized spacial score (nSPS) is 27.9. The molecular formula is C26H34N2O4. The van der Waals surface area contributed by atoms with Crippen LogP contribution in [-0.4, -0.2) is 47.9 Å². The minimum absolute atomic E-state index is 0.0676. The van der Waals surface area contributed by atoms with Crippen LogP contribution in [0, 0.1) is 17.3 Å². The van der Waals surface area contributed by atoms with Crippen LogP contribution in [0.3, 0.4) is 0 Å². The minimum Gasteiger partial charge on any atom is -0.458 e. The van der Waals surface area contributed by atoms with E-state index in [0.29, 0.717) is 19.6 Å². The maximum atomic E-state index is 13.4. The highest BCUT2D eigenvalue weighted by molar-refractivity contribution is 5.88. The average Bonchev–Trinajstić information content (AvgIpc) is 3.42. The van der Waals surface area contributed by atoms with E-state index in [1.54, 1.807) is 0 Å². The Hall–Kier alpha value is -2.37. The van der Waals surface area contributed by atoms with Gasteiger partial charge in [0, 0.05) is 25.6 Å². The summed E-state index contributed by atoms with van der Waals surface area (Å²) in [6.45, 7) is 2.04. The largest absolute Gasteiger partial charge is 0.458 e. The molecule has 2 amide bonds. The van der Waals surface area contributed by atoms with Crippen molar-refractivity contribution in [3.05, 3.63) is 35.9 Å². The van der Waals surface area contributed by atoms with Gasteiger partial charge in [-0.3, -0.25) is 14.4 Å². The van der Waals surface area contributed by atoms with Gasteiger partial charge in [-0.15, -0.1) is 0 Å². The van der Waals surface area contributed by atoms with Gasteiger partial charge in [0.2, 0.25) is 11.8 Å². The lowest BCUT2D eigenvalue weighted by Gasteiger charge is -2.40. The van der Waals surface area contributed by atoms with E-state index in [1.165, 1.54) is 5.56 Å². The van der Waals surface area contributed by atoms with Crippen molar-refractivity contribution >= 4 is 17.8 Å². The SMILES string of the molecule is O=C1C[C@H](C(=O)N2CCC3(CC2)C[C@H]3C(=O)NCCc2ccccc2)C2(CCCCC2)O1. The second kappa shape index (κ2) is 8.53. The standard InChI is InChI=1S/C26H34N2O4/c29-22-17-20(26(32-22)10-5-2-6-11-26)24(31)28-15-12-25(13-16-28)18-21(25)23(30)27-14-9-19-7-3-1-4-8-19/h1,3-4,7-8,20-21H,2,5-6,9-18H2,(H,27,30)/t20-,21+/m1/s1. The molecule has 4 aliphatic rings. The summed E-state index contributed by atoms with van der Waals surface area (Å²) < 4.78 is 5.75. The van der Waals surface area contributed by atoms with Gasteiger partial charge in [-0.25, -0.2) is 0 Å². The molecule has 1 aromatic carbocycles. The zero-order chi connectivity index (χ0) is 22.2. The number of carbonyl (C=O) groups excluding carboxylic acids is 3. The smallest absolute Gasteiger partial charge is 0.307 e. The van der Waals surface area contributed by atoms with Crippen molar-refractivity contribution in [1.82, 2.24) is 10.2 Å². The van der Waals surface area contributed by atoms with Crippen molar-refractivity contribution < 1.29 is 19.1 Å². The Kier molecular flexibility index (Phi) is 5.72. The highest BCUT2D eigenvalue weighted by Crippen LogP contribution is 2.59. The molecule has 5 rings (SSSR count). The summed E-state index contributed by atoms with van der Waals surface area (Å²) in [5.41, 5.74) is 0.746. The monoisotopic (exact) mass is 438 g/mol. The van der Waals surface area contributed by atoms with Gasteiger partial charge < -0.3 is 15.0 Å². The molecule has 0 radical (unpaired) electrons. The maximum absolute atomic E-state index is 13.4. The van der Waals surface area contributed by atoms with E-state index < -0.39 is 5.60 Å². The number of carbonyl (C=O) groups is 3. The lowest BCUT2D eigenvalue weighted by Crippen LogP contribution is -2.49. The van der Waals surface area contributed by atoms with Crippen LogP contribution in [0.4, 0.5) is 0 Å². The summed E-state index contributed by atoms with van der Waals surface area (Å²) in [6, 6.07) is 10.2. The van der Waals surface area contributed by atoms with Gasteiger partial charge >= 0.3 is 5.97 Å². The zero-order valence-electron chi connectivity index (χ0n) is 18.8. The van der Waals surface area contributed by atoms with Crippen molar-refractivity contribution in [2.45, 2.75) is 69.8 Å². The van der Waals surface area contributed by atoms with E-state index in [4.69, 9.17) is 4.74 Å². The van der Waals surface area contributed by atoms with Gasteiger partial charge in [0.15, 0.2) is 0 Å². The molecule has 2 heterocycles. The number of nitrogens with one attached hydrogen (secondary N) is 1. The number of benzene rings is 1. The Morgan fingerprint density at radius 1 is 1.00 bits per heavy atom. The van der Waals surface area contributed by atoms with Crippen molar-refractivity contribution in [2.24, 2.45) is 17.3 Å². The summed E-state index contributed by atoms with van der Waals surface area (Å²) in [6.07, 6.45) is 8.61. The van der Waals surface area contributed by atoms with Crippen molar-refractivity contribution in [3.8, 4) is 0 Å². The fourth-order valence-electron chi connectivity index (χ4n) is 6.37. The Morgan fingerprint density at radius 3 is 2.44 bits per heavy atom. The molecule has 1 aromatic rings. The maximum Gasteiger partial charge on any atom is 0.307 e. The lowest BCUT2D eigenvalue weighted by molar-refractivity contribution is -0.156. The number of amides is 2. The van der Waals surface area contributed by atoms with Crippen LogP contribution >= 0.6 is 0 Å². The fraction of sp³-hybridized carbons (Fsp3) is 0.654. The lowest BCUT2D eigenvalue weighted by atomic mass is 9.75. The Labute approximate surface area is 190 Å². The molecular weight excluding hydrogens is 404 g/mol. The molecule has 0 bridgehead atoms. The predicted molar refractivity (Wildman–Crippen MR) is 120 cm³/mol. The molecule has 2 aliphatic heterocycles. The van der Waals surface area contributed by atoms with E-state index in [2.05, 4.69) is 17.4 Å². The van der Waals surface area contributed by atoms with E-state index in [0.717, 1.165) is 57.8 Å². The highest BCUT2D eigenvalue weighted by atomic mass is 16.6. The Bertz CT molecular complexity index is 869. The predicted octanol–water partition coefficient (Wildman–Crippen LogP) is 3.24. The molecule has 172 valence electrons. The van der Waals surface area contributed by atoms with E-state index >= 15 is 0 Å². The zero-order valence-corrected chi connectivity index (χ0v) is 18.8. The molecule has 0 aromatic heterocycles. The summed E-state index contributed by atoms with van der Waals surface area (Å²) in [7, 11) is 0. The molecule has 0 unspecified atom stereocenters. The molecule has 32 heavy (non-hydrogen) atoms. The van der Waals surface area contributed by atoms with Crippen LogP contribution in [0.2, 0.25) is 0 Å². The van der Waals surface area contributed by atoms with E-state index in [1.807, 2.05) is 23.1 Å². The first-order chi connectivity index (χ1) is 15.5. The van der Waals surface area contributed by atoms with Crippen molar-refractivity contribution in [1.29, 1.82) is 0 Å². The first-order valence-electron chi connectivity index (χ1n) is 12.3. The van der Waals surface area contributed by atoms with Crippen LogP contribution < -0.4 is 5.32 Å². The topological polar surface area (TPSA) is 75.7 Å². The number of rotatable bonds is 5. The fourth-order valence-corrected chi connectivity index (χ4v) is 6.37. The van der Waals surface area contributed by atoms with Crippen LogP contribution in [-0.2, 0) is 25.5 Å². The number of ether oxygens (including phenoxy) is 1. The molecule has 6 nitrogen and oxygen atoms in total. The number of piperidine rings is 1. The third-order valence-electron chi connectivity index (χ3n) is 8.45. The number of likely N-dealkylation sites (tertiary alicyclic amines) is 1. The summed E-state index contributed by atoms with van der Waals surface area (Å²) >= 11 is 0. The number of hydrogen-bond acceptors (Lipinski definition) is 4. The van der Waals surface area contributed by atoms with Crippen LogP contribution in [0.25, 0.3) is 0 Å². The van der Waals surface area contributed by atoms with E-state index in [9.17, 15) is 14.4 Å². The third-order valence-corrected chi connectivity index (χ3v) is 8.45.